The molecule has 0 radical (unpaired) electrons. The second-order valence-corrected chi connectivity index (χ2v) is 12.7. The van der Waals surface area contributed by atoms with E-state index in [0.717, 1.165) is 15.4 Å². The van der Waals surface area contributed by atoms with Gasteiger partial charge in [-0.05, 0) is 68.1 Å². The molecule has 0 heterocycles. The Morgan fingerprint density at radius 1 is 0.951 bits per heavy atom. The minimum Gasteiger partial charge on any atom is -0.495 e. The van der Waals surface area contributed by atoms with Gasteiger partial charge in [0.05, 0.1) is 17.7 Å². The van der Waals surface area contributed by atoms with Crippen molar-refractivity contribution >= 4 is 39.1 Å². The van der Waals surface area contributed by atoms with Crippen LogP contribution in [0.3, 0.4) is 0 Å². The van der Waals surface area contributed by atoms with Crippen molar-refractivity contribution in [3.8, 4) is 5.75 Å². The topological polar surface area (TPSA) is 96.0 Å². The second-order valence-electron chi connectivity index (χ2n) is 10.4. The number of rotatable bonds is 12. The number of benzene rings is 3. The summed E-state index contributed by atoms with van der Waals surface area (Å²) in [4.78, 5) is 28.6. The van der Waals surface area contributed by atoms with E-state index in [0.29, 0.717) is 22.9 Å². The lowest BCUT2D eigenvalue weighted by atomic mass is 10.1. The van der Waals surface area contributed by atoms with Crippen LogP contribution in [0.15, 0.2) is 71.6 Å². The largest absolute Gasteiger partial charge is 0.495 e. The highest BCUT2D eigenvalue weighted by molar-refractivity contribution is 7.92. The van der Waals surface area contributed by atoms with Gasteiger partial charge in [-0.3, -0.25) is 13.9 Å². The molecule has 0 spiro atoms. The fourth-order valence-electron chi connectivity index (χ4n) is 4.19. The Kier molecular flexibility index (Phi) is 10.8. The second kappa shape index (κ2) is 13.9. The van der Waals surface area contributed by atoms with Crippen LogP contribution in [0, 0.1) is 19.8 Å². The minimum atomic E-state index is -4.22. The van der Waals surface area contributed by atoms with Gasteiger partial charge in [-0.15, -0.1) is 0 Å². The minimum absolute atomic E-state index is 0.0120. The number of halogens is 1. The Bertz CT molecular complexity index is 1480. The molecular formula is C31H38ClN3O5S. The summed E-state index contributed by atoms with van der Waals surface area (Å²) in [5.41, 5.74) is 2.53. The first-order valence-corrected chi connectivity index (χ1v) is 15.2. The van der Waals surface area contributed by atoms with Crippen molar-refractivity contribution < 1.29 is 22.7 Å². The number of amides is 2. The molecule has 0 aromatic heterocycles. The van der Waals surface area contributed by atoms with Crippen LogP contribution in [0.4, 0.5) is 5.69 Å². The summed E-state index contributed by atoms with van der Waals surface area (Å²) in [6.07, 6.45) is 0. The Hall–Kier alpha value is -3.56. The molecule has 0 fully saturated rings. The number of methoxy groups -OCH3 is 1. The molecule has 220 valence electrons. The van der Waals surface area contributed by atoms with E-state index in [4.69, 9.17) is 16.3 Å². The van der Waals surface area contributed by atoms with E-state index in [2.05, 4.69) is 5.32 Å². The highest BCUT2D eigenvalue weighted by Gasteiger charge is 2.34. The quantitative estimate of drug-likeness (QED) is 0.303. The van der Waals surface area contributed by atoms with E-state index >= 15 is 0 Å². The molecule has 0 saturated heterocycles. The van der Waals surface area contributed by atoms with Crippen LogP contribution < -0.4 is 14.4 Å². The smallest absolute Gasteiger partial charge is 0.264 e. The fourth-order valence-corrected chi connectivity index (χ4v) is 5.80. The molecule has 0 bridgehead atoms. The van der Waals surface area contributed by atoms with Crippen molar-refractivity contribution in [1.82, 2.24) is 10.2 Å². The van der Waals surface area contributed by atoms with E-state index in [1.165, 1.54) is 24.1 Å². The van der Waals surface area contributed by atoms with Gasteiger partial charge in [0, 0.05) is 18.1 Å². The number of nitrogens with one attached hydrogen (secondary N) is 1. The maximum atomic E-state index is 14.1. The summed E-state index contributed by atoms with van der Waals surface area (Å²) in [5.74, 6) is -0.418. The van der Waals surface area contributed by atoms with E-state index in [9.17, 15) is 18.0 Å². The first kappa shape index (κ1) is 32.0. The lowest BCUT2D eigenvalue weighted by molar-refractivity contribution is -0.139. The van der Waals surface area contributed by atoms with Crippen LogP contribution in [0.5, 0.6) is 5.75 Å². The third-order valence-corrected chi connectivity index (χ3v) is 8.78. The molecule has 2 amide bonds. The molecule has 8 nitrogen and oxygen atoms in total. The van der Waals surface area contributed by atoms with Crippen LogP contribution in [0.1, 0.15) is 37.5 Å². The maximum absolute atomic E-state index is 14.1. The molecule has 3 aromatic rings. The average molecular weight is 600 g/mol. The number of hydrogen-bond acceptors (Lipinski definition) is 5. The van der Waals surface area contributed by atoms with Crippen molar-refractivity contribution in [3.63, 3.8) is 0 Å². The summed E-state index contributed by atoms with van der Waals surface area (Å²) in [6.45, 7) is 9.13. The molecule has 10 heteroatoms. The van der Waals surface area contributed by atoms with Gasteiger partial charge >= 0.3 is 0 Å². The molecule has 1 atom stereocenters. The fraction of sp³-hybridized carbons (Fsp3) is 0.355. The zero-order chi connectivity index (χ0) is 30.3. The van der Waals surface area contributed by atoms with Gasteiger partial charge in [-0.25, -0.2) is 8.42 Å². The molecule has 1 N–H and O–H groups in total. The number of ether oxygens (including phenoxy) is 1. The highest BCUT2D eigenvalue weighted by Crippen LogP contribution is 2.34. The molecule has 0 aliphatic carbocycles. The van der Waals surface area contributed by atoms with Crippen LogP contribution in [-0.2, 0) is 26.2 Å². The number of anilines is 1. The molecule has 0 saturated carbocycles. The third-order valence-electron chi connectivity index (χ3n) is 6.64. The third kappa shape index (κ3) is 8.01. The van der Waals surface area contributed by atoms with Crippen molar-refractivity contribution in [1.29, 1.82) is 0 Å². The molecule has 3 rings (SSSR count). The lowest BCUT2D eigenvalue weighted by Gasteiger charge is -2.32. The number of hydrogen-bond donors (Lipinski definition) is 1. The number of nitrogens with zero attached hydrogens (tertiary/aromatic N) is 2. The molecule has 3 aromatic carbocycles. The Labute approximate surface area is 248 Å². The van der Waals surface area contributed by atoms with Gasteiger partial charge in [0.25, 0.3) is 10.0 Å². The maximum Gasteiger partial charge on any atom is 0.264 e. The van der Waals surface area contributed by atoms with Gasteiger partial charge in [0.2, 0.25) is 11.8 Å². The number of carbonyl (C=O) groups excluding carboxylic acids is 2. The SMILES string of the molecule is COc1ccc(C)cc1N(CC(=O)N(Cc1ccccc1Cl)C(C)C(=O)NCC(C)C)S(=O)(=O)c1ccc(C)cc1. The van der Waals surface area contributed by atoms with Gasteiger partial charge in [0.1, 0.15) is 18.3 Å². The molecule has 0 aliphatic rings. The molecular weight excluding hydrogens is 562 g/mol. The van der Waals surface area contributed by atoms with Crippen LogP contribution in [-0.4, -0.2) is 51.4 Å². The van der Waals surface area contributed by atoms with Gasteiger partial charge < -0.3 is 15.0 Å². The van der Waals surface area contributed by atoms with Gasteiger partial charge in [-0.2, -0.15) is 0 Å². The summed E-state index contributed by atoms with van der Waals surface area (Å²) in [5, 5.41) is 3.31. The Morgan fingerprint density at radius 2 is 1.59 bits per heavy atom. The Balaban J connectivity index is 2.09. The zero-order valence-corrected chi connectivity index (χ0v) is 25.9. The van der Waals surface area contributed by atoms with Crippen molar-refractivity contribution in [3.05, 3.63) is 88.4 Å². The summed E-state index contributed by atoms with van der Waals surface area (Å²) in [6, 6.07) is 17.7. The van der Waals surface area contributed by atoms with Gasteiger partial charge in [0.15, 0.2) is 0 Å². The number of sulfonamides is 1. The number of carbonyl (C=O) groups is 2. The van der Waals surface area contributed by atoms with E-state index < -0.39 is 28.5 Å². The first-order chi connectivity index (χ1) is 19.3. The molecule has 1 unspecified atom stereocenters. The molecule has 0 aliphatic heterocycles. The summed E-state index contributed by atoms with van der Waals surface area (Å²) in [7, 11) is -2.78. The van der Waals surface area contributed by atoms with Crippen molar-refractivity contribution in [2.45, 2.75) is 52.1 Å². The van der Waals surface area contributed by atoms with Gasteiger partial charge in [-0.1, -0.05) is 67.4 Å². The lowest BCUT2D eigenvalue weighted by Crippen LogP contribution is -2.51. The van der Waals surface area contributed by atoms with E-state index in [-0.39, 0.29) is 29.0 Å². The first-order valence-electron chi connectivity index (χ1n) is 13.4. The van der Waals surface area contributed by atoms with Crippen LogP contribution in [0.25, 0.3) is 0 Å². The monoisotopic (exact) mass is 599 g/mol. The van der Waals surface area contributed by atoms with E-state index in [1.54, 1.807) is 61.5 Å². The highest BCUT2D eigenvalue weighted by atomic mass is 35.5. The van der Waals surface area contributed by atoms with Crippen LogP contribution in [0.2, 0.25) is 5.02 Å². The van der Waals surface area contributed by atoms with Crippen LogP contribution >= 0.6 is 11.6 Å². The summed E-state index contributed by atoms with van der Waals surface area (Å²) < 4.78 is 34.7. The Morgan fingerprint density at radius 3 is 2.20 bits per heavy atom. The molecule has 41 heavy (non-hydrogen) atoms. The van der Waals surface area contributed by atoms with Crippen molar-refractivity contribution in [2.75, 3.05) is 24.5 Å². The zero-order valence-electron chi connectivity index (χ0n) is 24.3. The number of aryl methyl sites for hydroxylation is 2. The van der Waals surface area contributed by atoms with E-state index in [1.807, 2.05) is 27.7 Å². The predicted molar refractivity (Wildman–Crippen MR) is 163 cm³/mol. The van der Waals surface area contributed by atoms with Crippen molar-refractivity contribution in [2.24, 2.45) is 5.92 Å². The predicted octanol–water partition coefficient (Wildman–Crippen LogP) is 5.35. The average Bonchev–Trinajstić information content (AvgIpc) is 2.93. The standard InChI is InChI=1S/C31H38ClN3O5S/c1-21(2)18-33-31(37)24(5)34(19-25-9-7-8-10-27(25)32)30(36)20-35(28-17-23(4)13-16-29(28)40-6)41(38,39)26-14-11-22(3)12-15-26/h7-17,21,24H,18-20H2,1-6H3,(H,33,37). The normalized spacial score (nSPS) is 12.1. The summed E-state index contributed by atoms with van der Waals surface area (Å²) >= 11 is 6.42.